The van der Waals surface area contributed by atoms with Crippen molar-refractivity contribution in [1.82, 2.24) is 10.2 Å². The van der Waals surface area contributed by atoms with E-state index in [0.717, 1.165) is 18.0 Å². The van der Waals surface area contributed by atoms with Gasteiger partial charge in [0.05, 0.1) is 0 Å². The summed E-state index contributed by atoms with van der Waals surface area (Å²) >= 11 is 0. The van der Waals surface area contributed by atoms with E-state index < -0.39 is 0 Å². The number of hydrogen-bond donors (Lipinski definition) is 1. The minimum Gasteiger partial charge on any atom is -0.312 e. The van der Waals surface area contributed by atoms with Gasteiger partial charge in [0.2, 0.25) is 0 Å². The predicted molar refractivity (Wildman–Crippen MR) is 69.7 cm³/mol. The summed E-state index contributed by atoms with van der Waals surface area (Å²) in [5.74, 6) is 0.987. The second kappa shape index (κ2) is 6.02. The summed E-state index contributed by atoms with van der Waals surface area (Å²) in [5.41, 5.74) is 0. The van der Waals surface area contributed by atoms with Gasteiger partial charge in [-0.3, -0.25) is 4.90 Å². The first-order valence-electron chi connectivity index (χ1n) is 7.28. The molecule has 1 aliphatic carbocycles. The van der Waals surface area contributed by atoms with Gasteiger partial charge in [0.1, 0.15) is 0 Å². The first-order valence-corrected chi connectivity index (χ1v) is 7.28. The van der Waals surface area contributed by atoms with Crippen LogP contribution in [-0.4, -0.2) is 36.6 Å². The Morgan fingerprint density at radius 2 is 2.06 bits per heavy atom. The lowest BCUT2D eigenvalue weighted by Gasteiger charge is -2.36. The van der Waals surface area contributed by atoms with Gasteiger partial charge in [0.25, 0.3) is 0 Å². The zero-order valence-electron chi connectivity index (χ0n) is 11.0. The van der Waals surface area contributed by atoms with Crippen LogP contribution in [0.25, 0.3) is 0 Å². The second-order valence-electron chi connectivity index (χ2n) is 5.74. The zero-order chi connectivity index (χ0) is 11.4. The molecule has 1 aliphatic heterocycles. The molecule has 0 amide bonds. The molecular weight excluding hydrogens is 196 g/mol. The maximum absolute atomic E-state index is 3.76. The molecule has 0 spiro atoms. The molecule has 16 heavy (non-hydrogen) atoms. The molecule has 1 saturated heterocycles. The lowest BCUT2D eigenvalue weighted by molar-refractivity contribution is 0.139. The van der Waals surface area contributed by atoms with Crippen molar-refractivity contribution >= 4 is 0 Å². The normalized spacial score (nSPS) is 29.2. The topological polar surface area (TPSA) is 15.3 Å². The highest BCUT2D eigenvalue weighted by Gasteiger charge is 2.33. The van der Waals surface area contributed by atoms with Crippen molar-refractivity contribution < 1.29 is 0 Å². The quantitative estimate of drug-likeness (QED) is 0.746. The Morgan fingerprint density at radius 1 is 1.25 bits per heavy atom. The van der Waals surface area contributed by atoms with Gasteiger partial charge in [0.15, 0.2) is 0 Å². The largest absolute Gasteiger partial charge is 0.312 e. The Balaban J connectivity index is 1.78. The Morgan fingerprint density at radius 3 is 2.69 bits per heavy atom. The first kappa shape index (κ1) is 12.4. The van der Waals surface area contributed by atoms with E-state index in [-0.39, 0.29) is 0 Å². The fourth-order valence-corrected chi connectivity index (χ4v) is 2.89. The first-order chi connectivity index (χ1) is 7.81. The Kier molecular flexibility index (Phi) is 4.66. The lowest BCUT2D eigenvalue weighted by Crippen LogP contribution is -2.47. The maximum atomic E-state index is 3.76. The van der Waals surface area contributed by atoms with Crippen LogP contribution in [-0.2, 0) is 0 Å². The van der Waals surface area contributed by atoms with Crippen LogP contribution in [0.2, 0.25) is 0 Å². The highest BCUT2D eigenvalue weighted by atomic mass is 15.2. The highest BCUT2D eigenvalue weighted by Crippen LogP contribution is 2.33. The third-order valence-corrected chi connectivity index (χ3v) is 4.22. The number of hydrogen-bond acceptors (Lipinski definition) is 2. The van der Waals surface area contributed by atoms with Crippen LogP contribution >= 0.6 is 0 Å². The minimum atomic E-state index is 0.778. The van der Waals surface area contributed by atoms with E-state index in [1.807, 2.05) is 0 Å². The standard InChI is InChI=1S/C14H28N2/c1-3-9-15-14(13-7-8-13)11-16-10-5-4-6-12(16)2/h12-15H,3-11H2,1-2H3. The molecule has 2 nitrogen and oxygen atoms in total. The third-order valence-electron chi connectivity index (χ3n) is 4.22. The highest BCUT2D eigenvalue weighted by molar-refractivity contribution is 4.90. The molecule has 0 bridgehead atoms. The van der Waals surface area contributed by atoms with Gasteiger partial charge in [0, 0.05) is 18.6 Å². The molecule has 0 aromatic heterocycles. The van der Waals surface area contributed by atoms with Crippen LogP contribution < -0.4 is 5.32 Å². The SMILES string of the molecule is CCCNC(CN1CCCCC1C)C1CC1. The van der Waals surface area contributed by atoms with E-state index in [9.17, 15) is 0 Å². The molecule has 0 radical (unpaired) electrons. The van der Waals surface area contributed by atoms with Crippen LogP contribution in [0, 0.1) is 5.92 Å². The van der Waals surface area contributed by atoms with E-state index in [1.54, 1.807) is 0 Å². The van der Waals surface area contributed by atoms with E-state index in [4.69, 9.17) is 0 Å². The molecule has 2 fully saturated rings. The molecule has 0 aromatic rings. The third kappa shape index (κ3) is 3.46. The van der Waals surface area contributed by atoms with Gasteiger partial charge in [-0.25, -0.2) is 0 Å². The summed E-state index contributed by atoms with van der Waals surface area (Å²) in [6.45, 7) is 8.50. The molecule has 2 aliphatic rings. The molecule has 2 unspecified atom stereocenters. The van der Waals surface area contributed by atoms with Gasteiger partial charge in [-0.1, -0.05) is 13.3 Å². The van der Waals surface area contributed by atoms with Crippen molar-refractivity contribution in [2.45, 2.75) is 64.5 Å². The number of likely N-dealkylation sites (tertiary alicyclic amines) is 1. The maximum Gasteiger partial charge on any atom is 0.0223 e. The molecule has 2 atom stereocenters. The Bertz CT molecular complexity index is 201. The molecule has 1 saturated carbocycles. The van der Waals surface area contributed by atoms with E-state index in [1.165, 1.54) is 58.2 Å². The zero-order valence-corrected chi connectivity index (χ0v) is 11.0. The molecular formula is C14H28N2. The average Bonchev–Trinajstić information content (AvgIpc) is 3.10. The number of nitrogens with one attached hydrogen (secondary N) is 1. The predicted octanol–water partition coefficient (Wildman–Crippen LogP) is 2.64. The molecule has 2 heteroatoms. The summed E-state index contributed by atoms with van der Waals surface area (Å²) in [6.07, 6.45) is 8.45. The van der Waals surface area contributed by atoms with Gasteiger partial charge in [-0.2, -0.15) is 0 Å². The van der Waals surface area contributed by atoms with E-state index in [2.05, 4.69) is 24.1 Å². The monoisotopic (exact) mass is 224 g/mol. The van der Waals surface area contributed by atoms with Crippen molar-refractivity contribution in [2.24, 2.45) is 5.92 Å². The van der Waals surface area contributed by atoms with Crippen LogP contribution in [0.4, 0.5) is 0 Å². The fourth-order valence-electron chi connectivity index (χ4n) is 2.89. The van der Waals surface area contributed by atoms with Gasteiger partial charge < -0.3 is 5.32 Å². The average molecular weight is 224 g/mol. The van der Waals surface area contributed by atoms with E-state index in [0.29, 0.717) is 0 Å². The Hall–Kier alpha value is -0.0800. The second-order valence-corrected chi connectivity index (χ2v) is 5.74. The minimum absolute atomic E-state index is 0.778. The van der Waals surface area contributed by atoms with Crippen molar-refractivity contribution in [3.05, 3.63) is 0 Å². The summed E-state index contributed by atoms with van der Waals surface area (Å²) in [4.78, 5) is 2.72. The molecule has 1 heterocycles. The molecule has 0 aromatic carbocycles. The lowest BCUT2D eigenvalue weighted by atomic mass is 10.0. The van der Waals surface area contributed by atoms with Crippen LogP contribution in [0.5, 0.6) is 0 Å². The van der Waals surface area contributed by atoms with Crippen LogP contribution in [0.3, 0.4) is 0 Å². The Labute approximate surface area is 101 Å². The van der Waals surface area contributed by atoms with Crippen LogP contribution in [0.1, 0.15) is 52.4 Å². The van der Waals surface area contributed by atoms with Crippen molar-refractivity contribution in [1.29, 1.82) is 0 Å². The summed E-state index contributed by atoms with van der Waals surface area (Å²) < 4.78 is 0. The number of nitrogens with zero attached hydrogens (tertiary/aromatic N) is 1. The number of piperidine rings is 1. The van der Waals surface area contributed by atoms with Gasteiger partial charge in [-0.05, 0) is 58.0 Å². The van der Waals surface area contributed by atoms with Crippen molar-refractivity contribution in [3.8, 4) is 0 Å². The van der Waals surface area contributed by atoms with Crippen molar-refractivity contribution in [3.63, 3.8) is 0 Å². The molecule has 94 valence electrons. The smallest absolute Gasteiger partial charge is 0.0223 e. The van der Waals surface area contributed by atoms with Crippen molar-refractivity contribution in [2.75, 3.05) is 19.6 Å². The molecule has 1 N–H and O–H groups in total. The fraction of sp³-hybridized carbons (Fsp3) is 1.00. The van der Waals surface area contributed by atoms with Gasteiger partial charge >= 0.3 is 0 Å². The summed E-state index contributed by atoms with van der Waals surface area (Å²) in [5, 5.41) is 3.76. The number of rotatable bonds is 6. The van der Waals surface area contributed by atoms with Crippen LogP contribution in [0.15, 0.2) is 0 Å². The molecule has 2 rings (SSSR count). The van der Waals surface area contributed by atoms with E-state index >= 15 is 0 Å². The summed E-state index contributed by atoms with van der Waals surface area (Å²) in [7, 11) is 0. The summed E-state index contributed by atoms with van der Waals surface area (Å²) in [6, 6.07) is 1.60. The van der Waals surface area contributed by atoms with Gasteiger partial charge in [-0.15, -0.1) is 0 Å².